The highest BCUT2D eigenvalue weighted by molar-refractivity contribution is 7.92. The van der Waals surface area contributed by atoms with Crippen molar-refractivity contribution in [1.29, 1.82) is 0 Å². The number of hydrogen-bond acceptors (Lipinski definition) is 6. The molecule has 0 saturated carbocycles. The summed E-state index contributed by atoms with van der Waals surface area (Å²) >= 11 is 0. The van der Waals surface area contributed by atoms with Crippen molar-refractivity contribution in [1.82, 2.24) is 10.2 Å². The van der Waals surface area contributed by atoms with Gasteiger partial charge in [-0.3, -0.25) is 13.9 Å². The molecular formula is C31H38FN3O6S. The molecule has 42 heavy (non-hydrogen) atoms. The Balaban J connectivity index is 2.11. The lowest BCUT2D eigenvalue weighted by molar-refractivity contribution is -0.140. The Hall–Kier alpha value is -4.12. The van der Waals surface area contributed by atoms with Crippen molar-refractivity contribution < 1.29 is 31.9 Å². The van der Waals surface area contributed by atoms with Crippen LogP contribution in [0, 0.1) is 5.82 Å². The Morgan fingerprint density at radius 2 is 1.55 bits per heavy atom. The van der Waals surface area contributed by atoms with Crippen molar-refractivity contribution in [2.75, 3.05) is 31.3 Å². The summed E-state index contributed by atoms with van der Waals surface area (Å²) in [5.41, 5.74) is 0.493. The molecule has 2 amide bonds. The maximum Gasteiger partial charge on any atom is 0.244 e. The maximum atomic E-state index is 14.9. The van der Waals surface area contributed by atoms with Gasteiger partial charge < -0.3 is 19.7 Å². The lowest BCUT2D eigenvalue weighted by Gasteiger charge is -2.35. The van der Waals surface area contributed by atoms with E-state index in [0.29, 0.717) is 5.75 Å². The van der Waals surface area contributed by atoms with Crippen molar-refractivity contribution in [3.8, 4) is 11.5 Å². The molecule has 0 radical (unpaired) electrons. The first-order chi connectivity index (χ1) is 19.7. The normalized spacial score (nSPS) is 12.3. The summed E-state index contributed by atoms with van der Waals surface area (Å²) in [5, 5.41) is 2.93. The van der Waals surface area contributed by atoms with E-state index in [1.54, 1.807) is 6.07 Å². The van der Waals surface area contributed by atoms with Crippen LogP contribution >= 0.6 is 0 Å². The van der Waals surface area contributed by atoms with Gasteiger partial charge in [0.25, 0.3) is 0 Å². The highest BCUT2D eigenvalue weighted by Gasteiger charge is 2.35. The molecule has 0 aliphatic heterocycles. The Bertz CT molecular complexity index is 1490. The van der Waals surface area contributed by atoms with Gasteiger partial charge in [-0.15, -0.1) is 0 Å². The first-order valence-electron chi connectivity index (χ1n) is 13.3. The zero-order chi connectivity index (χ0) is 31.1. The third-order valence-corrected chi connectivity index (χ3v) is 7.54. The molecule has 0 aromatic heterocycles. The molecule has 0 spiro atoms. The van der Waals surface area contributed by atoms with Crippen molar-refractivity contribution in [2.24, 2.45) is 0 Å². The van der Waals surface area contributed by atoms with E-state index < -0.39 is 45.8 Å². The highest BCUT2D eigenvalue weighted by atomic mass is 32.2. The van der Waals surface area contributed by atoms with Gasteiger partial charge in [-0.2, -0.15) is 0 Å². The van der Waals surface area contributed by atoms with Crippen LogP contribution in [0.25, 0.3) is 0 Å². The first kappa shape index (κ1) is 32.4. The molecular weight excluding hydrogens is 561 g/mol. The molecule has 3 aromatic rings. The van der Waals surface area contributed by atoms with E-state index in [1.807, 2.05) is 51.1 Å². The molecule has 0 aliphatic carbocycles. The molecule has 11 heteroatoms. The van der Waals surface area contributed by atoms with E-state index in [4.69, 9.17) is 9.47 Å². The summed E-state index contributed by atoms with van der Waals surface area (Å²) in [4.78, 5) is 29.1. The predicted molar refractivity (Wildman–Crippen MR) is 161 cm³/mol. The van der Waals surface area contributed by atoms with Crippen molar-refractivity contribution in [3.05, 3.63) is 89.7 Å². The smallest absolute Gasteiger partial charge is 0.244 e. The molecule has 0 saturated heterocycles. The number of amides is 2. The standard InChI is InChI=1S/C31H38FN3O6S/c1-31(2,3)33-30(37)26(18-22-12-8-7-9-13-22)34(20-23-14-10-11-15-25(23)32)29(36)21-35(42(6,38)39)24-16-17-27(40-4)28(19-24)41-5/h7-17,19,26H,18,20-21H2,1-6H3,(H,33,37)/t26-/m0/s1. The number of rotatable bonds is 12. The third-order valence-electron chi connectivity index (χ3n) is 6.40. The van der Waals surface area contributed by atoms with Crippen LogP contribution in [0.2, 0.25) is 0 Å². The molecule has 0 aliphatic rings. The molecule has 0 bridgehead atoms. The molecule has 1 N–H and O–H groups in total. The van der Waals surface area contributed by atoms with Crippen LogP contribution in [0.4, 0.5) is 10.1 Å². The van der Waals surface area contributed by atoms with Crippen molar-refractivity contribution >= 4 is 27.5 Å². The summed E-state index contributed by atoms with van der Waals surface area (Å²) in [6.07, 6.45) is 1.10. The largest absolute Gasteiger partial charge is 0.493 e. The average molecular weight is 600 g/mol. The molecule has 0 fully saturated rings. The number of nitrogens with zero attached hydrogens (tertiary/aromatic N) is 2. The van der Waals surface area contributed by atoms with Crippen LogP contribution in [-0.4, -0.2) is 63.7 Å². The van der Waals surface area contributed by atoms with E-state index in [1.165, 1.54) is 55.5 Å². The zero-order valence-corrected chi connectivity index (χ0v) is 25.6. The Morgan fingerprint density at radius 3 is 2.12 bits per heavy atom. The molecule has 1 atom stereocenters. The van der Waals surface area contributed by atoms with E-state index in [2.05, 4.69) is 5.32 Å². The highest BCUT2D eigenvalue weighted by Crippen LogP contribution is 2.32. The fraction of sp³-hybridized carbons (Fsp3) is 0.355. The second-order valence-corrected chi connectivity index (χ2v) is 12.8. The van der Waals surface area contributed by atoms with Crippen molar-refractivity contribution in [3.63, 3.8) is 0 Å². The minimum absolute atomic E-state index is 0.123. The average Bonchev–Trinajstić information content (AvgIpc) is 2.93. The number of carbonyl (C=O) groups is 2. The predicted octanol–water partition coefficient (Wildman–Crippen LogP) is 4.16. The maximum absolute atomic E-state index is 14.9. The van der Waals surface area contributed by atoms with Gasteiger partial charge in [-0.25, -0.2) is 12.8 Å². The number of nitrogens with one attached hydrogen (secondary N) is 1. The molecule has 3 aromatic carbocycles. The minimum atomic E-state index is -3.99. The summed E-state index contributed by atoms with van der Waals surface area (Å²) in [6, 6.07) is 18.5. The number of anilines is 1. The number of benzene rings is 3. The summed E-state index contributed by atoms with van der Waals surface area (Å²) in [6.45, 7) is 4.54. The first-order valence-corrected chi connectivity index (χ1v) is 15.2. The lowest BCUT2D eigenvalue weighted by atomic mass is 10.0. The second kappa shape index (κ2) is 13.7. The van der Waals surface area contributed by atoms with Crippen LogP contribution in [0.1, 0.15) is 31.9 Å². The molecule has 0 unspecified atom stereocenters. The summed E-state index contributed by atoms with van der Waals surface area (Å²) in [5.74, 6) is -1.05. The van der Waals surface area contributed by atoms with Gasteiger partial charge in [0, 0.05) is 30.1 Å². The lowest BCUT2D eigenvalue weighted by Crippen LogP contribution is -2.56. The Kier molecular flexibility index (Phi) is 10.6. The number of halogens is 1. The molecule has 226 valence electrons. The zero-order valence-electron chi connectivity index (χ0n) is 24.8. The second-order valence-electron chi connectivity index (χ2n) is 10.9. The van der Waals surface area contributed by atoms with E-state index in [-0.39, 0.29) is 30.0 Å². The number of ether oxygens (including phenoxy) is 2. The fourth-order valence-electron chi connectivity index (χ4n) is 4.41. The van der Waals surface area contributed by atoms with Gasteiger partial charge in [0.1, 0.15) is 18.4 Å². The van der Waals surface area contributed by atoms with Gasteiger partial charge in [0.05, 0.1) is 26.2 Å². The van der Waals surface area contributed by atoms with Crippen LogP contribution in [0.3, 0.4) is 0 Å². The SMILES string of the molecule is COc1ccc(N(CC(=O)N(Cc2ccccc2F)[C@@H](Cc2ccccc2)C(=O)NC(C)(C)C)S(C)(=O)=O)cc1OC. The molecule has 0 heterocycles. The number of methoxy groups -OCH3 is 2. The van der Waals surface area contributed by atoms with E-state index in [9.17, 15) is 22.4 Å². The monoisotopic (exact) mass is 599 g/mol. The number of carbonyl (C=O) groups excluding carboxylic acids is 2. The summed E-state index contributed by atoms with van der Waals surface area (Å²) in [7, 11) is -1.13. The van der Waals surface area contributed by atoms with Crippen LogP contribution in [-0.2, 0) is 32.6 Å². The molecule has 3 rings (SSSR count). The summed E-state index contributed by atoms with van der Waals surface area (Å²) < 4.78 is 52.4. The van der Waals surface area contributed by atoms with Gasteiger partial charge in [0.15, 0.2) is 11.5 Å². The van der Waals surface area contributed by atoms with Crippen LogP contribution in [0.15, 0.2) is 72.8 Å². The molecule has 9 nitrogen and oxygen atoms in total. The third kappa shape index (κ3) is 8.69. The topological polar surface area (TPSA) is 105 Å². The van der Waals surface area contributed by atoms with Gasteiger partial charge in [0.2, 0.25) is 21.8 Å². The van der Waals surface area contributed by atoms with Gasteiger partial charge in [-0.1, -0.05) is 48.5 Å². The van der Waals surface area contributed by atoms with Gasteiger partial charge in [-0.05, 0) is 44.5 Å². The Labute approximate surface area is 247 Å². The van der Waals surface area contributed by atoms with Crippen LogP contribution < -0.4 is 19.1 Å². The number of hydrogen-bond donors (Lipinski definition) is 1. The van der Waals surface area contributed by atoms with E-state index in [0.717, 1.165) is 16.1 Å². The van der Waals surface area contributed by atoms with Crippen molar-refractivity contribution in [2.45, 2.75) is 45.3 Å². The number of sulfonamides is 1. The Morgan fingerprint density at radius 1 is 0.929 bits per heavy atom. The van der Waals surface area contributed by atoms with Gasteiger partial charge >= 0.3 is 0 Å². The van der Waals surface area contributed by atoms with Crippen LogP contribution in [0.5, 0.6) is 11.5 Å². The minimum Gasteiger partial charge on any atom is -0.493 e. The van der Waals surface area contributed by atoms with E-state index >= 15 is 0 Å². The quantitative estimate of drug-likeness (QED) is 0.335. The fourth-order valence-corrected chi connectivity index (χ4v) is 5.25.